The second kappa shape index (κ2) is 3.75. The summed E-state index contributed by atoms with van der Waals surface area (Å²) in [6.07, 6.45) is 2.92. The maximum Gasteiger partial charge on any atom is 0.191 e. The van der Waals surface area contributed by atoms with E-state index in [4.69, 9.17) is 10.2 Å². The number of aromatic nitrogens is 1. The molecule has 2 N–H and O–H groups in total. The molecule has 1 heterocycles. The molecule has 1 aromatic rings. The largest absolute Gasteiger partial charge is 0.451 e. The predicted molar refractivity (Wildman–Crippen MR) is 45.5 cm³/mol. The monoisotopic (exact) mass is 168 g/mol. The summed E-state index contributed by atoms with van der Waals surface area (Å²) in [5.41, 5.74) is 6.33. The van der Waals surface area contributed by atoms with Gasteiger partial charge in [0.25, 0.3) is 0 Å². The Hall–Kier alpha value is -1.52. The molecule has 0 bridgehead atoms. The highest BCUT2D eigenvalue weighted by Crippen LogP contribution is 1.96. The summed E-state index contributed by atoms with van der Waals surface area (Å²) in [4.78, 5) is 9.70. The van der Waals surface area contributed by atoms with Gasteiger partial charge in [0.15, 0.2) is 12.4 Å². The van der Waals surface area contributed by atoms with Crippen molar-refractivity contribution < 1.29 is 4.42 Å². The fourth-order valence-electron chi connectivity index (χ4n) is 0.619. The van der Waals surface area contributed by atoms with Gasteiger partial charge in [-0.25, -0.2) is 9.98 Å². The van der Waals surface area contributed by atoms with Crippen molar-refractivity contribution >= 4 is 5.96 Å². The summed E-state index contributed by atoms with van der Waals surface area (Å²) >= 11 is 0. The van der Waals surface area contributed by atoms with Gasteiger partial charge in [0.1, 0.15) is 12.0 Å². The second-order valence-electron chi connectivity index (χ2n) is 2.55. The molecule has 1 rings (SSSR count). The Morgan fingerprint density at radius 3 is 3.00 bits per heavy atom. The third-order valence-electron chi connectivity index (χ3n) is 1.34. The molecule has 0 saturated carbocycles. The van der Waals surface area contributed by atoms with Crippen molar-refractivity contribution in [2.45, 2.75) is 6.54 Å². The van der Waals surface area contributed by atoms with Gasteiger partial charge >= 0.3 is 0 Å². The molecule has 0 aliphatic carbocycles. The van der Waals surface area contributed by atoms with Gasteiger partial charge in [-0.2, -0.15) is 0 Å². The van der Waals surface area contributed by atoms with Crippen LogP contribution in [0.5, 0.6) is 0 Å². The van der Waals surface area contributed by atoms with Gasteiger partial charge < -0.3 is 15.1 Å². The lowest BCUT2D eigenvalue weighted by atomic mass is 10.5. The number of hydrogen-bond donors (Lipinski definition) is 1. The van der Waals surface area contributed by atoms with Gasteiger partial charge in [0.2, 0.25) is 0 Å². The molecule has 0 aliphatic heterocycles. The van der Waals surface area contributed by atoms with Crippen LogP contribution in [-0.2, 0) is 6.54 Å². The average molecular weight is 168 g/mol. The minimum absolute atomic E-state index is 0.459. The standard InChI is InChI=1S/C7H12N4O/c1-11(2)7(8)9-3-6-4-12-5-10-6/h4-5H,3H2,1-2H3,(H2,8,9). The van der Waals surface area contributed by atoms with Gasteiger partial charge in [-0.15, -0.1) is 0 Å². The second-order valence-corrected chi connectivity index (χ2v) is 2.55. The number of aliphatic imine (C=N–C) groups is 1. The Labute approximate surface area is 70.9 Å². The van der Waals surface area contributed by atoms with Gasteiger partial charge in [0.05, 0.1) is 6.54 Å². The maximum atomic E-state index is 5.55. The van der Waals surface area contributed by atoms with Crippen LogP contribution in [0.2, 0.25) is 0 Å². The normalized spacial score (nSPS) is 11.7. The minimum Gasteiger partial charge on any atom is -0.451 e. The number of nitrogens with two attached hydrogens (primary N) is 1. The molecular weight excluding hydrogens is 156 g/mol. The zero-order valence-corrected chi connectivity index (χ0v) is 7.19. The molecule has 66 valence electrons. The van der Waals surface area contributed by atoms with Crippen molar-refractivity contribution in [1.29, 1.82) is 0 Å². The number of guanidine groups is 1. The van der Waals surface area contributed by atoms with Crippen LogP contribution in [0.25, 0.3) is 0 Å². The van der Waals surface area contributed by atoms with Crippen LogP contribution >= 0.6 is 0 Å². The average Bonchev–Trinajstić information content (AvgIpc) is 2.51. The number of oxazole rings is 1. The van der Waals surface area contributed by atoms with Gasteiger partial charge in [-0.3, -0.25) is 0 Å². The molecule has 5 heteroatoms. The molecule has 0 atom stereocenters. The number of nitrogens with zero attached hydrogens (tertiary/aromatic N) is 3. The summed E-state index contributed by atoms with van der Waals surface area (Å²) in [6, 6.07) is 0. The van der Waals surface area contributed by atoms with E-state index in [2.05, 4.69) is 9.98 Å². The Bertz CT molecular complexity index is 252. The minimum atomic E-state index is 0.459. The van der Waals surface area contributed by atoms with Crippen LogP contribution in [0.4, 0.5) is 0 Å². The Morgan fingerprint density at radius 2 is 2.50 bits per heavy atom. The van der Waals surface area contributed by atoms with Crippen molar-refractivity contribution in [3.63, 3.8) is 0 Å². The maximum absolute atomic E-state index is 5.55. The van der Waals surface area contributed by atoms with E-state index >= 15 is 0 Å². The lowest BCUT2D eigenvalue weighted by Crippen LogP contribution is -2.30. The first kappa shape index (κ1) is 8.58. The molecule has 12 heavy (non-hydrogen) atoms. The van der Waals surface area contributed by atoms with E-state index in [0.717, 1.165) is 5.69 Å². The van der Waals surface area contributed by atoms with Crippen LogP contribution < -0.4 is 5.73 Å². The van der Waals surface area contributed by atoms with E-state index in [-0.39, 0.29) is 0 Å². The highest BCUT2D eigenvalue weighted by atomic mass is 16.3. The molecule has 0 aromatic carbocycles. The molecule has 0 aliphatic rings. The molecule has 0 unspecified atom stereocenters. The fraction of sp³-hybridized carbons (Fsp3) is 0.429. The van der Waals surface area contributed by atoms with Crippen molar-refractivity contribution in [1.82, 2.24) is 9.88 Å². The molecule has 0 radical (unpaired) electrons. The van der Waals surface area contributed by atoms with Crippen molar-refractivity contribution in [2.75, 3.05) is 14.1 Å². The molecular formula is C7H12N4O. The third-order valence-corrected chi connectivity index (χ3v) is 1.34. The molecule has 0 saturated heterocycles. The molecule has 0 amide bonds. The van der Waals surface area contributed by atoms with Crippen LogP contribution in [0.1, 0.15) is 5.69 Å². The van der Waals surface area contributed by atoms with Gasteiger partial charge in [-0.1, -0.05) is 0 Å². The highest BCUT2D eigenvalue weighted by Gasteiger charge is 1.96. The van der Waals surface area contributed by atoms with E-state index in [1.54, 1.807) is 11.2 Å². The van der Waals surface area contributed by atoms with Crippen molar-refractivity contribution in [2.24, 2.45) is 10.7 Å². The van der Waals surface area contributed by atoms with Gasteiger partial charge in [0, 0.05) is 14.1 Å². The van der Waals surface area contributed by atoms with Crippen LogP contribution in [0.3, 0.4) is 0 Å². The van der Waals surface area contributed by atoms with Crippen molar-refractivity contribution in [3.05, 3.63) is 18.4 Å². The smallest absolute Gasteiger partial charge is 0.191 e. The first-order valence-corrected chi connectivity index (χ1v) is 3.54. The molecule has 0 fully saturated rings. The van der Waals surface area contributed by atoms with E-state index in [0.29, 0.717) is 12.5 Å². The fourth-order valence-corrected chi connectivity index (χ4v) is 0.619. The number of rotatable bonds is 2. The van der Waals surface area contributed by atoms with Gasteiger partial charge in [-0.05, 0) is 0 Å². The van der Waals surface area contributed by atoms with Crippen LogP contribution in [0.15, 0.2) is 22.1 Å². The van der Waals surface area contributed by atoms with Crippen LogP contribution in [-0.4, -0.2) is 29.9 Å². The lowest BCUT2D eigenvalue weighted by molar-refractivity contribution is 0.556. The summed E-state index contributed by atoms with van der Waals surface area (Å²) in [6.45, 7) is 0.459. The predicted octanol–water partition coefficient (Wildman–Crippen LogP) is 0.0509. The SMILES string of the molecule is CN(C)C(N)=NCc1cocn1. The summed E-state index contributed by atoms with van der Waals surface area (Å²) in [7, 11) is 3.67. The van der Waals surface area contributed by atoms with Crippen molar-refractivity contribution in [3.8, 4) is 0 Å². The third kappa shape index (κ3) is 2.26. The summed E-state index contributed by atoms with van der Waals surface area (Å²) in [5.74, 6) is 0.484. The Balaban J connectivity index is 2.49. The Morgan fingerprint density at radius 1 is 1.75 bits per heavy atom. The summed E-state index contributed by atoms with van der Waals surface area (Å²) in [5, 5.41) is 0. The first-order chi connectivity index (χ1) is 5.70. The van der Waals surface area contributed by atoms with Crippen LogP contribution in [0, 0.1) is 0 Å². The lowest BCUT2D eigenvalue weighted by Gasteiger charge is -2.09. The summed E-state index contributed by atoms with van der Waals surface area (Å²) < 4.78 is 4.77. The zero-order chi connectivity index (χ0) is 8.97. The van der Waals surface area contributed by atoms with E-state index in [1.807, 2.05) is 14.1 Å². The first-order valence-electron chi connectivity index (χ1n) is 3.54. The topological polar surface area (TPSA) is 67.7 Å². The Kier molecular flexibility index (Phi) is 2.68. The number of hydrogen-bond acceptors (Lipinski definition) is 3. The van der Waals surface area contributed by atoms with E-state index in [9.17, 15) is 0 Å². The zero-order valence-electron chi connectivity index (χ0n) is 7.19. The molecule has 0 spiro atoms. The molecule has 1 aromatic heterocycles. The quantitative estimate of drug-likeness (QED) is 0.500. The molecule has 5 nitrogen and oxygen atoms in total. The van der Waals surface area contributed by atoms with E-state index in [1.165, 1.54) is 6.39 Å². The van der Waals surface area contributed by atoms with E-state index < -0.39 is 0 Å². The highest BCUT2D eigenvalue weighted by molar-refractivity contribution is 5.77.